The summed E-state index contributed by atoms with van der Waals surface area (Å²) in [5.74, 6) is 0.810. The minimum atomic E-state index is -4.48. The summed E-state index contributed by atoms with van der Waals surface area (Å²) < 4.78 is 90.1. The van der Waals surface area contributed by atoms with Gasteiger partial charge in [-0.05, 0) is 0 Å². The van der Waals surface area contributed by atoms with Crippen molar-refractivity contribution in [1.82, 2.24) is 44.4 Å². The van der Waals surface area contributed by atoms with E-state index in [-0.39, 0.29) is 29.5 Å². The second-order valence-electron chi connectivity index (χ2n) is 12.3. The summed E-state index contributed by atoms with van der Waals surface area (Å²) in [5, 5.41) is 19.9. The molecule has 19 nitrogen and oxygen atoms in total. The molecule has 4 N–H and O–H groups in total. The van der Waals surface area contributed by atoms with Gasteiger partial charge in [-0.3, -0.25) is 22.7 Å². The molecule has 3 fully saturated rings. The van der Waals surface area contributed by atoms with Crippen LogP contribution in [0.5, 0.6) is 0 Å². The Morgan fingerprint density at radius 3 is 2.14 bits per heavy atom. The van der Waals surface area contributed by atoms with Crippen molar-refractivity contribution in [3.05, 3.63) is 25.3 Å². The topological polar surface area (TPSA) is 234 Å². The van der Waals surface area contributed by atoms with Gasteiger partial charge in [-0.15, -0.1) is 0 Å². The lowest BCUT2D eigenvalue weighted by atomic mass is 10.1. The molecule has 0 saturated carbocycles. The number of aliphatic hydroxyl groups is 1. The lowest BCUT2D eigenvalue weighted by molar-refractivity contribution is -0.0489. The Morgan fingerprint density at radius 2 is 1.57 bits per heavy atom. The molecule has 0 aromatic carbocycles. The van der Waals surface area contributed by atoms with Crippen LogP contribution in [0.3, 0.4) is 0 Å². The molecule has 0 amide bonds. The fourth-order valence-corrected chi connectivity index (χ4v) is 8.95. The predicted molar refractivity (Wildman–Crippen MR) is 182 cm³/mol. The number of aliphatic hydroxyl groups excluding tert-OH is 1. The van der Waals surface area contributed by atoms with Crippen molar-refractivity contribution < 1.29 is 46.1 Å². The number of fused-ring (bicyclic) bond motifs is 7. The van der Waals surface area contributed by atoms with Crippen molar-refractivity contribution in [2.45, 2.75) is 68.2 Å². The molecule has 4 aromatic heterocycles. The van der Waals surface area contributed by atoms with Crippen LogP contribution in [0, 0.1) is 0 Å². The van der Waals surface area contributed by atoms with Crippen LogP contribution in [0.25, 0.3) is 22.3 Å². The lowest BCUT2D eigenvalue weighted by Gasteiger charge is -2.25. The van der Waals surface area contributed by atoms with Crippen LogP contribution in [0.1, 0.15) is 19.4 Å². The summed E-state index contributed by atoms with van der Waals surface area (Å²) in [5.41, 5.74) is 1.15. The third kappa shape index (κ3) is 6.75. The number of aromatic nitrogens is 8. The second kappa shape index (κ2) is 13.7. The van der Waals surface area contributed by atoms with E-state index in [9.17, 15) is 14.2 Å². The van der Waals surface area contributed by atoms with Crippen LogP contribution in [0.4, 0.5) is 20.4 Å². The van der Waals surface area contributed by atoms with Crippen molar-refractivity contribution in [3.63, 3.8) is 0 Å². The number of hydrogen-bond donors (Lipinski definition) is 6. The van der Waals surface area contributed by atoms with Crippen molar-refractivity contribution in [3.8, 4) is 0 Å². The normalized spacial score (nSPS) is 36.7. The molecular formula is C26H33F2N11O8P2S2. The van der Waals surface area contributed by atoms with Gasteiger partial charge in [0.25, 0.3) is 6.57 Å². The van der Waals surface area contributed by atoms with Gasteiger partial charge in [-0.2, -0.15) is 0 Å². The molecule has 4 unspecified atom stereocenters. The third-order valence-corrected chi connectivity index (χ3v) is 13.2. The Labute approximate surface area is 298 Å². The molecule has 12 bridgehead atoms. The van der Waals surface area contributed by atoms with Crippen LogP contribution < -0.4 is 16.0 Å². The van der Waals surface area contributed by atoms with Gasteiger partial charge in [-0.25, -0.2) is 43.2 Å². The Kier molecular flexibility index (Phi) is 9.52. The molecule has 12 atom stereocenters. The number of alkyl halides is 2. The van der Waals surface area contributed by atoms with Crippen molar-refractivity contribution >= 4 is 71.8 Å². The van der Waals surface area contributed by atoms with Gasteiger partial charge in [0.2, 0.25) is 0 Å². The molecule has 25 heteroatoms. The van der Waals surface area contributed by atoms with Gasteiger partial charge in [-0.1, -0.05) is 31.4 Å². The van der Waals surface area contributed by atoms with Crippen LogP contribution in [0.15, 0.2) is 25.3 Å². The second-order valence-corrected chi connectivity index (χ2v) is 19.1. The van der Waals surface area contributed by atoms with E-state index < -0.39 is 75.8 Å². The maximum absolute atomic E-state index is 16.3. The van der Waals surface area contributed by atoms with Crippen LogP contribution >= 0.6 is 37.9 Å². The molecule has 0 spiro atoms. The number of nitrogens with zero attached hydrogens (tertiary/aromatic N) is 8. The Morgan fingerprint density at radius 1 is 0.980 bits per heavy atom. The molecule has 0 radical (unpaired) electrons. The summed E-state index contributed by atoms with van der Waals surface area (Å²) in [6.45, 7) is -6.97. The summed E-state index contributed by atoms with van der Waals surface area (Å²) in [7, 11) is 0. The summed E-state index contributed by atoms with van der Waals surface area (Å²) in [6, 6.07) is 0.0849. The highest BCUT2D eigenvalue weighted by molar-refractivity contribution is 8.46. The Balaban J connectivity index is 1.13. The first kappa shape index (κ1) is 35.5. The first-order valence-corrected chi connectivity index (χ1v) is 21.6. The van der Waals surface area contributed by atoms with Gasteiger partial charge in [0.05, 0.1) is 25.9 Å². The highest BCUT2D eigenvalue weighted by Gasteiger charge is 2.52. The largest absolute Gasteiger partial charge is 0.394 e. The zero-order valence-electron chi connectivity index (χ0n) is 26.5. The van der Waals surface area contributed by atoms with Crippen molar-refractivity contribution in [1.29, 1.82) is 0 Å². The molecule has 4 aliphatic rings. The summed E-state index contributed by atoms with van der Waals surface area (Å²) in [6.07, 6.45) is -7.34. The van der Waals surface area contributed by atoms with E-state index in [4.69, 9.17) is 23.0 Å². The minimum Gasteiger partial charge on any atom is -0.394 e. The number of halogens is 2. The van der Waals surface area contributed by atoms with E-state index in [0.29, 0.717) is 35.8 Å². The maximum Gasteiger partial charge on any atom is 0.386 e. The number of thiol groups is 2. The number of rotatable bonds is 4. The first-order valence-electron chi connectivity index (χ1n) is 15.9. The van der Waals surface area contributed by atoms with Gasteiger partial charge < -0.3 is 35.1 Å². The summed E-state index contributed by atoms with van der Waals surface area (Å²) >= 11 is 8.14. The lowest BCUT2D eigenvalue weighted by Crippen LogP contribution is -2.34. The highest BCUT2D eigenvalue weighted by atomic mass is 32.7. The quantitative estimate of drug-likeness (QED) is 0.0989. The predicted octanol–water partition coefficient (Wildman–Crippen LogP) is 2.27. The number of hydrogen-bond acceptors (Lipinski definition) is 17. The van der Waals surface area contributed by atoms with E-state index in [1.165, 1.54) is 34.4 Å². The average Bonchev–Trinajstić information content (AvgIpc) is 3.38. The van der Waals surface area contributed by atoms with Crippen molar-refractivity contribution in [2.24, 2.45) is 0 Å². The number of anilines is 2. The molecule has 276 valence electrons. The van der Waals surface area contributed by atoms with Gasteiger partial charge in [0.1, 0.15) is 37.1 Å². The molecule has 8 heterocycles. The standard InChI is InChI=1S/C26H33F2N11O8P2S2/c1-2-48(41,50)46-20-14-6-43-49(42,51)47-19-13(5-40)44-25(15(19)27)38-9-35-17-21(31-7-33-23(17)38)29-3-11-12(37-11)4-30-22-18-24(34-8-32-22)39(10-36-18)26(45-14)16(20)28/h7-16,19-20,25-26,37,40H,2-6H2,1H3,(H,41,50)(H,42,51)(H,29,31,33)(H,30,32,34)/t11?,12?,13?,14-,15-,16-,19-,20-,25-,26?,48-,49-/m1/s1. The van der Waals surface area contributed by atoms with Crippen LogP contribution in [-0.2, 0) is 32.2 Å². The molecule has 4 aromatic rings. The molecule has 3 saturated heterocycles. The van der Waals surface area contributed by atoms with Crippen LogP contribution in [-0.4, -0.2) is 125 Å². The monoisotopic (exact) mass is 791 g/mol. The molecule has 4 aliphatic heterocycles. The van der Waals surface area contributed by atoms with E-state index in [1.54, 1.807) is 6.92 Å². The van der Waals surface area contributed by atoms with Gasteiger partial charge >= 0.3 is 6.80 Å². The molecule has 51 heavy (non-hydrogen) atoms. The summed E-state index contributed by atoms with van der Waals surface area (Å²) in [4.78, 5) is 26.0. The maximum atomic E-state index is 16.3. The molecular weight excluding hydrogens is 758 g/mol. The number of imidazole rings is 2. The average molecular weight is 792 g/mol. The van der Waals surface area contributed by atoms with Gasteiger partial charge in [0.15, 0.2) is 58.8 Å². The zero-order valence-corrected chi connectivity index (χ0v) is 30.1. The smallest absolute Gasteiger partial charge is 0.386 e. The Hall–Kier alpha value is -2.56. The van der Waals surface area contributed by atoms with Crippen LogP contribution in [0.2, 0.25) is 0 Å². The SMILES string of the molecule is CC[P@](=O)(S)O[C@@H]1[C@H]2CO[P@@](=O)(S)O[C@@H]3C(CO)O[C@H]([C@@H]3F)n3cnc4c(ncnc43)NCC3NC3CNc3ncnc4c3ncn4C(O2)[C@@H]1F. The number of ether oxygens (including phenoxy) is 2. The van der Waals surface area contributed by atoms with Gasteiger partial charge in [0, 0.05) is 31.3 Å². The van der Waals surface area contributed by atoms with E-state index in [0.717, 1.165) is 0 Å². The zero-order chi connectivity index (χ0) is 35.7. The highest BCUT2D eigenvalue weighted by Crippen LogP contribution is 2.58. The number of nitrogens with one attached hydrogen (secondary N) is 3. The first-order chi connectivity index (χ1) is 24.5. The van der Waals surface area contributed by atoms with E-state index in [2.05, 4.69) is 70.4 Å². The van der Waals surface area contributed by atoms with E-state index >= 15 is 8.78 Å². The van der Waals surface area contributed by atoms with Crippen molar-refractivity contribution in [2.75, 3.05) is 43.1 Å². The van der Waals surface area contributed by atoms with E-state index in [1.807, 2.05) is 0 Å². The fourth-order valence-electron chi connectivity index (χ4n) is 6.36. The molecule has 8 rings (SSSR count). The minimum absolute atomic E-state index is 0.0302. The third-order valence-electron chi connectivity index (χ3n) is 9.11. The Bertz CT molecular complexity index is 2040. The fraction of sp³-hybridized carbons (Fsp3) is 0.615. The molecule has 0 aliphatic carbocycles.